The number of carbonyl (C=O) groups excluding carboxylic acids is 2. The Hall–Kier alpha value is -5.12. The molecule has 1 saturated heterocycles. The summed E-state index contributed by atoms with van der Waals surface area (Å²) in [6.45, 7) is 7.60. The molecule has 6 N–H and O–H groups in total. The van der Waals surface area contributed by atoms with E-state index in [2.05, 4.69) is 91.8 Å². The molecule has 3 aromatic carbocycles. The minimum Gasteiger partial charge on any atom is -0.744 e. The standard InChI is InChI=1S/C48H60N10O7S.Na/c1-48(2,25-11-12-31-65-45-33-40(36-16-5-3-6-17-36)32-41(53-45)37-18-7-4-8-19-37)47-55-56-57-58(47)28-13-22-44(59)49-26-14-29-64-30-15-27-50-46(60)39-23-24-43(51-34-39)54-52-35-38-20-9-10-21-42(38)66(61,62)63;/h3-10,16-21,23-24,32-35,47,55-57H,11-15,22,25-31H2,1-2H3,(H,49,59)(H,50,60)(H,51,54)(H,61,62,63);/q;+1/p-1/b52-35+;. The van der Waals surface area contributed by atoms with Gasteiger partial charge in [0.25, 0.3) is 5.91 Å². The van der Waals surface area contributed by atoms with Crippen molar-refractivity contribution in [3.8, 4) is 28.3 Å². The van der Waals surface area contributed by atoms with E-state index in [4.69, 9.17) is 14.5 Å². The number of nitrogens with zero attached hydrogens (tertiary/aromatic N) is 4. The molecule has 5 aromatic rings. The molecule has 0 spiro atoms. The van der Waals surface area contributed by atoms with Gasteiger partial charge in [0, 0.05) is 62.7 Å². The van der Waals surface area contributed by atoms with Crippen LogP contribution < -0.4 is 66.8 Å². The Morgan fingerprint density at radius 3 is 2.25 bits per heavy atom. The van der Waals surface area contributed by atoms with Gasteiger partial charge < -0.3 is 24.7 Å². The van der Waals surface area contributed by atoms with Gasteiger partial charge in [-0.3, -0.25) is 15.0 Å². The topological polar surface area (TPSA) is 223 Å². The number of pyridine rings is 2. The number of unbranched alkanes of at least 4 members (excludes halogenated alkanes) is 1. The summed E-state index contributed by atoms with van der Waals surface area (Å²) in [5, 5.41) is 11.9. The van der Waals surface area contributed by atoms with Gasteiger partial charge in [0.05, 0.1) is 35.1 Å². The van der Waals surface area contributed by atoms with Gasteiger partial charge in [-0.05, 0) is 79.3 Å². The number of aromatic nitrogens is 2. The van der Waals surface area contributed by atoms with Gasteiger partial charge in [0.15, 0.2) is 0 Å². The van der Waals surface area contributed by atoms with E-state index in [9.17, 15) is 22.6 Å². The second kappa shape index (κ2) is 27.0. The fraction of sp³-hybridized carbons (Fsp3) is 0.354. The number of hydrazone groups is 1. The van der Waals surface area contributed by atoms with Crippen molar-refractivity contribution in [1.29, 1.82) is 0 Å². The number of anilines is 1. The first-order valence-corrected chi connectivity index (χ1v) is 23.6. The molecule has 6 rings (SSSR count). The van der Waals surface area contributed by atoms with E-state index in [0.29, 0.717) is 82.4 Å². The van der Waals surface area contributed by atoms with Crippen LogP contribution in [0.3, 0.4) is 0 Å². The van der Waals surface area contributed by atoms with Crippen molar-refractivity contribution in [1.82, 2.24) is 42.1 Å². The number of rotatable bonds is 26. The molecule has 1 fully saturated rings. The van der Waals surface area contributed by atoms with E-state index in [1.54, 1.807) is 18.2 Å². The monoisotopic (exact) mass is 942 g/mol. The molecule has 3 heterocycles. The molecule has 350 valence electrons. The minimum atomic E-state index is -4.65. The van der Waals surface area contributed by atoms with Gasteiger partial charge in [-0.2, -0.15) is 16.2 Å². The number of hydrogen-bond donors (Lipinski definition) is 6. The fourth-order valence-electron chi connectivity index (χ4n) is 7.30. The SMILES string of the molecule is CC(C)(CCCCOc1cc(-c2ccccc2)cc(-c2ccccc2)n1)C1NNNN1CCCC(=O)NCCCOCCCNC(=O)c1ccc(N/N=C/c2ccccc2S(=O)(=O)[O-])nc1.[Na+]. The molecule has 1 unspecified atom stereocenters. The molecule has 0 bridgehead atoms. The summed E-state index contributed by atoms with van der Waals surface area (Å²) >= 11 is 0. The van der Waals surface area contributed by atoms with Crippen molar-refractivity contribution in [3.05, 3.63) is 127 Å². The predicted octanol–water partition coefficient (Wildman–Crippen LogP) is 3.02. The summed E-state index contributed by atoms with van der Waals surface area (Å²) < 4.78 is 46.2. The first-order chi connectivity index (χ1) is 32.0. The van der Waals surface area contributed by atoms with Gasteiger partial charge in [-0.1, -0.05) is 92.7 Å². The third-order valence-electron chi connectivity index (χ3n) is 10.8. The first kappa shape index (κ1) is 52.8. The minimum absolute atomic E-state index is 0. The molecular weight excluding hydrogens is 884 g/mol. The molecule has 67 heavy (non-hydrogen) atoms. The molecule has 1 aliphatic heterocycles. The van der Waals surface area contributed by atoms with Crippen LogP contribution in [0.15, 0.2) is 125 Å². The van der Waals surface area contributed by atoms with Crippen LogP contribution in [0.4, 0.5) is 5.82 Å². The van der Waals surface area contributed by atoms with Crippen LogP contribution in [0.2, 0.25) is 0 Å². The van der Waals surface area contributed by atoms with Crippen LogP contribution in [-0.4, -0.2) is 91.6 Å². The number of hydrazine groups is 3. The average molecular weight is 943 g/mol. The van der Waals surface area contributed by atoms with E-state index in [1.165, 1.54) is 30.6 Å². The molecule has 19 heteroatoms. The van der Waals surface area contributed by atoms with E-state index in [0.717, 1.165) is 41.6 Å². The summed E-state index contributed by atoms with van der Waals surface area (Å²) in [5.41, 5.74) is 16.8. The summed E-state index contributed by atoms with van der Waals surface area (Å²) in [5.74, 6) is 0.643. The number of amides is 2. The Morgan fingerprint density at radius 1 is 0.836 bits per heavy atom. The van der Waals surface area contributed by atoms with Crippen molar-refractivity contribution in [2.45, 2.75) is 69.9 Å². The molecule has 1 atom stereocenters. The second-order valence-corrected chi connectivity index (χ2v) is 17.8. The molecular formula is C48H59N10NaO7S. The number of benzene rings is 3. The smallest absolute Gasteiger partial charge is 0.744 e. The molecule has 0 saturated carbocycles. The Bertz CT molecular complexity index is 2390. The Morgan fingerprint density at radius 2 is 1.54 bits per heavy atom. The Labute approximate surface area is 415 Å². The fourth-order valence-corrected chi connectivity index (χ4v) is 7.96. The second-order valence-electron chi connectivity index (χ2n) is 16.4. The number of ether oxygens (including phenoxy) is 2. The third-order valence-corrected chi connectivity index (χ3v) is 11.8. The van der Waals surface area contributed by atoms with Gasteiger partial charge in [0.1, 0.15) is 15.9 Å². The van der Waals surface area contributed by atoms with Crippen molar-refractivity contribution in [3.63, 3.8) is 0 Å². The number of hydrogen-bond acceptors (Lipinski definition) is 15. The van der Waals surface area contributed by atoms with Crippen molar-refractivity contribution in [2.24, 2.45) is 10.5 Å². The Balaban J connectivity index is 0.00000840. The maximum absolute atomic E-state index is 12.6. The van der Waals surface area contributed by atoms with Crippen LogP contribution in [0.1, 0.15) is 74.7 Å². The van der Waals surface area contributed by atoms with E-state index in [-0.39, 0.29) is 63.4 Å². The molecule has 1 aliphatic rings. The predicted molar refractivity (Wildman–Crippen MR) is 253 cm³/mol. The van der Waals surface area contributed by atoms with Crippen LogP contribution in [0.5, 0.6) is 5.88 Å². The largest absolute Gasteiger partial charge is 1.00 e. The zero-order chi connectivity index (χ0) is 46.6. The number of nitrogens with one attached hydrogen (secondary N) is 6. The third kappa shape index (κ3) is 17.2. The zero-order valence-electron chi connectivity index (χ0n) is 38.4. The van der Waals surface area contributed by atoms with Crippen molar-refractivity contribution >= 4 is 34.0 Å². The quantitative estimate of drug-likeness (QED) is 0.0154. The first-order valence-electron chi connectivity index (χ1n) is 22.2. The normalized spacial score (nSPS) is 14.1. The summed E-state index contributed by atoms with van der Waals surface area (Å²) in [6, 6.07) is 33.4. The van der Waals surface area contributed by atoms with Crippen LogP contribution in [-0.2, 0) is 19.6 Å². The average Bonchev–Trinajstić information content (AvgIpc) is 3.81. The van der Waals surface area contributed by atoms with Gasteiger partial charge >= 0.3 is 29.6 Å². The maximum Gasteiger partial charge on any atom is 1.00 e. The zero-order valence-corrected chi connectivity index (χ0v) is 41.2. The van der Waals surface area contributed by atoms with Gasteiger partial charge in [0.2, 0.25) is 11.8 Å². The van der Waals surface area contributed by atoms with E-state index >= 15 is 0 Å². The number of carbonyl (C=O) groups is 2. The molecule has 2 aromatic heterocycles. The molecule has 17 nitrogen and oxygen atoms in total. The van der Waals surface area contributed by atoms with Crippen molar-refractivity contribution in [2.75, 3.05) is 44.9 Å². The molecule has 0 aliphatic carbocycles. The molecule has 2 amide bonds. The summed E-state index contributed by atoms with van der Waals surface area (Å²) in [7, 11) is -4.65. The van der Waals surface area contributed by atoms with Crippen LogP contribution >= 0.6 is 0 Å². The summed E-state index contributed by atoms with van der Waals surface area (Å²) in [6.07, 6.45) is 7.82. The maximum atomic E-state index is 12.6. The van der Waals surface area contributed by atoms with Gasteiger partial charge in [-0.25, -0.2) is 28.8 Å². The van der Waals surface area contributed by atoms with Crippen molar-refractivity contribution < 1.29 is 61.6 Å². The van der Waals surface area contributed by atoms with Crippen LogP contribution in [0.25, 0.3) is 22.4 Å². The summed E-state index contributed by atoms with van der Waals surface area (Å²) in [4.78, 5) is 33.7. The van der Waals surface area contributed by atoms with E-state index in [1.807, 2.05) is 42.5 Å². The van der Waals surface area contributed by atoms with Gasteiger partial charge in [-0.15, -0.1) is 0 Å². The van der Waals surface area contributed by atoms with Crippen LogP contribution in [0, 0.1) is 5.41 Å². The molecule has 0 radical (unpaired) electrons. The van der Waals surface area contributed by atoms with E-state index < -0.39 is 10.1 Å². The Kier molecular flexibility index (Phi) is 21.3.